The van der Waals surface area contributed by atoms with Crippen molar-refractivity contribution in [3.05, 3.63) is 100 Å². The smallest absolute Gasteiger partial charge is 0.261 e. The van der Waals surface area contributed by atoms with Crippen molar-refractivity contribution in [3.63, 3.8) is 0 Å². The van der Waals surface area contributed by atoms with Crippen molar-refractivity contribution in [3.8, 4) is 5.75 Å². The van der Waals surface area contributed by atoms with Crippen LogP contribution in [0.4, 0.5) is 0 Å². The van der Waals surface area contributed by atoms with E-state index in [1.165, 1.54) is 0 Å². The van der Waals surface area contributed by atoms with Crippen molar-refractivity contribution in [1.82, 2.24) is 10.2 Å². The first-order chi connectivity index (χ1) is 16.6. The van der Waals surface area contributed by atoms with E-state index >= 15 is 0 Å². The fourth-order valence-electron chi connectivity index (χ4n) is 3.58. The molecule has 7 heteroatoms. The van der Waals surface area contributed by atoms with Crippen molar-refractivity contribution in [1.29, 1.82) is 0 Å². The van der Waals surface area contributed by atoms with Crippen LogP contribution in [0.25, 0.3) is 0 Å². The first-order valence-corrected chi connectivity index (χ1v) is 12.1. The van der Waals surface area contributed by atoms with E-state index < -0.39 is 11.6 Å². The molecule has 5 nitrogen and oxygen atoms in total. The Morgan fingerprint density at radius 1 is 0.914 bits per heavy atom. The maximum Gasteiger partial charge on any atom is 0.261 e. The average Bonchev–Trinajstić information content (AvgIpc) is 2.81. The molecule has 3 aromatic rings. The molecule has 0 saturated heterocycles. The van der Waals surface area contributed by atoms with Crippen LogP contribution in [0.15, 0.2) is 78.9 Å². The van der Waals surface area contributed by atoms with E-state index in [4.69, 9.17) is 27.9 Å². The van der Waals surface area contributed by atoms with Gasteiger partial charge in [0.05, 0.1) is 0 Å². The van der Waals surface area contributed by atoms with Gasteiger partial charge in [-0.05, 0) is 62.2 Å². The predicted octanol–water partition coefficient (Wildman–Crippen LogP) is 5.93. The Bertz CT molecular complexity index is 1130. The van der Waals surface area contributed by atoms with Gasteiger partial charge in [-0.1, -0.05) is 71.7 Å². The number of nitrogens with one attached hydrogen (secondary N) is 1. The van der Waals surface area contributed by atoms with E-state index in [2.05, 4.69) is 5.32 Å². The zero-order valence-corrected chi connectivity index (χ0v) is 21.6. The second-order valence-electron chi connectivity index (χ2n) is 9.30. The van der Waals surface area contributed by atoms with Crippen LogP contribution in [0.2, 0.25) is 10.0 Å². The maximum atomic E-state index is 13.6. The third-order valence-electron chi connectivity index (χ3n) is 5.24. The number of carbonyl (C=O) groups is 2. The van der Waals surface area contributed by atoms with Gasteiger partial charge >= 0.3 is 0 Å². The van der Waals surface area contributed by atoms with Crippen molar-refractivity contribution >= 4 is 35.0 Å². The topological polar surface area (TPSA) is 58.6 Å². The summed E-state index contributed by atoms with van der Waals surface area (Å²) in [6.07, 6.45) is 0.347. The molecule has 1 N–H and O–H groups in total. The van der Waals surface area contributed by atoms with E-state index in [1.54, 1.807) is 35.2 Å². The van der Waals surface area contributed by atoms with Gasteiger partial charge in [0.2, 0.25) is 5.91 Å². The average molecular weight is 513 g/mol. The molecular weight excluding hydrogens is 483 g/mol. The number of rotatable bonds is 9. The SMILES string of the molecule is CC(C)(C)NC(=O)C(Cc1ccccc1)N(Cc1ccccc1Cl)C(=O)COc1ccc(Cl)cc1. The van der Waals surface area contributed by atoms with Gasteiger partial charge in [-0.15, -0.1) is 0 Å². The van der Waals surface area contributed by atoms with Gasteiger partial charge in [0.25, 0.3) is 5.91 Å². The lowest BCUT2D eigenvalue weighted by Gasteiger charge is -2.34. The number of amides is 2. The Hall–Kier alpha value is -3.02. The number of halogens is 2. The lowest BCUT2D eigenvalue weighted by atomic mass is 10.0. The number of hydrogen-bond acceptors (Lipinski definition) is 3. The summed E-state index contributed by atoms with van der Waals surface area (Å²) in [4.78, 5) is 28.6. The van der Waals surface area contributed by atoms with Gasteiger partial charge in [0.1, 0.15) is 11.8 Å². The minimum absolute atomic E-state index is 0.164. The quantitative estimate of drug-likeness (QED) is 0.386. The second-order valence-corrected chi connectivity index (χ2v) is 10.1. The molecule has 1 unspecified atom stereocenters. The monoisotopic (exact) mass is 512 g/mol. The Morgan fingerprint density at radius 2 is 1.54 bits per heavy atom. The van der Waals surface area contributed by atoms with Crippen molar-refractivity contribution in [2.75, 3.05) is 6.61 Å². The first kappa shape index (κ1) is 26.6. The van der Waals surface area contributed by atoms with Crippen LogP contribution >= 0.6 is 23.2 Å². The summed E-state index contributed by atoms with van der Waals surface area (Å²) in [5.41, 5.74) is 1.22. The van der Waals surface area contributed by atoms with Crippen molar-refractivity contribution in [2.45, 2.75) is 45.3 Å². The summed E-state index contributed by atoms with van der Waals surface area (Å²) in [6.45, 7) is 5.66. The molecule has 0 spiro atoms. The molecule has 1 atom stereocenters. The van der Waals surface area contributed by atoms with E-state index in [1.807, 2.05) is 69.3 Å². The van der Waals surface area contributed by atoms with Gasteiger partial charge in [0.15, 0.2) is 6.61 Å². The Kier molecular flexibility index (Phi) is 9.19. The molecule has 0 radical (unpaired) electrons. The summed E-state index contributed by atoms with van der Waals surface area (Å²) in [7, 11) is 0. The number of ether oxygens (including phenoxy) is 1. The Labute approximate surface area is 217 Å². The Balaban J connectivity index is 1.93. The maximum absolute atomic E-state index is 13.6. The number of benzene rings is 3. The highest BCUT2D eigenvalue weighted by Crippen LogP contribution is 2.22. The number of hydrogen-bond donors (Lipinski definition) is 1. The molecule has 35 heavy (non-hydrogen) atoms. The minimum Gasteiger partial charge on any atom is -0.484 e. The summed E-state index contributed by atoms with van der Waals surface area (Å²) < 4.78 is 5.74. The molecule has 0 aliphatic rings. The first-order valence-electron chi connectivity index (χ1n) is 11.4. The highest BCUT2D eigenvalue weighted by molar-refractivity contribution is 6.31. The fraction of sp³-hybridized carbons (Fsp3) is 0.286. The standard InChI is InChI=1S/C28H30Cl2N2O3/c1-28(2,3)31-27(34)25(17-20-9-5-4-6-10-20)32(18-21-11-7-8-12-24(21)30)26(33)19-35-23-15-13-22(29)14-16-23/h4-16,25H,17-19H2,1-3H3,(H,31,34). The van der Waals surface area contributed by atoms with E-state index in [-0.39, 0.29) is 25.0 Å². The van der Waals surface area contributed by atoms with E-state index in [0.717, 1.165) is 11.1 Å². The summed E-state index contributed by atoms with van der Waals surface area (Å²) >= 11 is 12.4. The van der Waals surface area contributed by atoms with E-state index in [0.29, 0.717) is 22.2 Å². The molecule has 0 aliphatic heterocycles. The van der Waals surface area contributed by atoms with Crippen LogP contribution in [0.1, 0.15) is 31.9 Å². The zero-order valence-electron chi connectivity index (χ0n) is 20.1. The molecule has 3 rings (SSSR count). The van der Waals surface area contributed by atoms with Gasteiger partial charge in [0, 0.05) is 28.5 Å². The molecule has 0 bridgehead atoms. The highest BCUT2D eigenvalue weighted by atomic mass is 35.5. The number of nitrogens with zero attached hydrogens (tertiary/aromatic N) is 1. The summed E-state index contributed by atoms with van der Waals surface area (Å²) in [5, 5.41) is 4.14. The van der Waals surface area contributed by atoms with Crippen LogP contribution in [-0.4, -0.2) is 34.9 Å². The normalized spacial score (nSPS) is 12.0. The third-order valence-corrected chi connectivity index (χ3v) is 5.86. The molecular formula is C28H30Cl2N2O3. The lowest BCUT2D eigenvalue weighted by Crippen LogP contribution is -2.55. The second kappa shape index (κ2) is 12.1. The van der Waals surface area contributed by atoms with Crippen LogP contribution in [0, 0.1) is 0 Å². The van der Waals surface area contributed by atoms with Gasteiger partial charge in [-0.2, -0.15) is 0 Å². The molecule has 0 aromatic heterocycles. The lowest BCUT2D eigenvalue weighted by molar-refractivity contribution is -0.143. The van der Waals surface area contributed by atoms with Gasteiger partial charge < -0.3 is 15.0 Å². The van der Waals surface area contributed by atoms with E-state index in [9.17, 15) is 9.59 Å². The molecule has 0 heterocycles. The molecule has 3 aromatic carbocycles. The van der Waals surface area contributed by atoms with Crippen LogP contribution < -0.4 is 10.1 Å². The van der Waals surface area contributed by atoms with Crippen molar-refractivity contribution < 1.29 is 14.3 Å². The molecule has 0 fully saturated rings. The van der Waals surface area contributed by atoms with Gasteiger partial charge in [-0.3, -0.25) is 9.59 Å². The zero-order chi connectivity index (χ0) is 25.4. The summed E-state index contributed by atoms with van der Waals surface area (Å²) in [5.74, 6) is -0.0581. The predicted molar refractivity (Wildman–Crippen MR) is 141 cm³/mol. The van der Waals surface area contributed by atoms with Crippen molar-refractivity contribution in [2.24, 2.45) is 0 Å². The van der Waals surface area contributed by atoms with Gasteiger partial charge in [-0.25, -0.2) is 0 Å². The largest absolute Gasteiger partial charge is 0.484 e. The highest BCUT2D eigenvalue weighted by Gasteiger charge is 2.32. The Morgan fingerprint density at radius 3 is 2.17 bits per heavy atom. The molecule has 0 saturated carbocycles. The van der Waals surface area contributed by atoms with Crippen LogP contribution in [0.3, 0.4) is 0 Å². The molecule has 2 amide bonds. The third kappa shape index (κ3) is 8.30. The molecule has 0 aliphatic carbocycles. The van der Waals surface area contributed by atoms with Crippen LogP contribution in [0.5, 0.6) is 5.75 Å². The fourth-order valence-corrected chi connectivity index (χ4v) is 3.90. The molecule has 184 valence electrons. The summed E-state index contributed by atoms with van der Waals surface area (Å²) in [6, 6.07) is 22.9. The number of carbonyl (C=O) groups excluding carboxylic acids is 2. The van der Waals surface area contributed by atoms with Crippen LogP contribution in [-0.2, 0) is 22.6 Å². The minimum atomic E-state index is -0.769.